The molecular formula is C11H19N5. The number of aryl methyl sites for hydroxylation is 2. The Labute approximate surface area is 96.2 Å². The van der Waals surface area contributed by atoms with E-state index in [9.17, 15) is 0 Å². The summed E-state index contributed by atoms with van der Waals surface area (Å²) < 4.78 is 0. The minimum Gasteiger partial charge on any atom is -0.388 e. The maximum Gasteiger partial charge on any atom is 0.150 e. The minimum atomic E-state index is 0.205. The molecule has 0 unspecified atom stereocenters. The van der Waals surface area contributed by atoms with E-state index in [2.05, 4.69) is 21.8 Å². The van der Waals surface area contributed by atoms with Gasteiger partial charge in [-0.2, -0.15) is 0 Å². The molecule has 1 aromatic heterocycles. The molecule has 1 rings (SSSR count). The van der Waals surface area contributed by atoms with Crippen molar-refractivity contribution in [2.24, 2.45) is 5.73 Å². The number of rotatable bonds is 5. The highest BCUT2D eigenvalue weighted by Gasteiger charge is 2.10. The van der Waals surface area contributed by atoms with Crippen LogP contribution < -0.4 is 10.6 Å². The van der Waals surface area contributed by atoms with E-state index in [1.165, 1.54) is 0 Å². The van der Waals surface area contributed by atoms with Crippen LogP contribution in [0.5, 0.6) is 0 Å². The molecule has 0 atom stereocenters. The summed E-state index contributed by atoms with van der Waals surface area (Å²) in [7, 11) is 0. The molecule has 0 saturated carbocycles. The Bertz CT molecular complexity index is 375. The van der Waals surface area contributed by atoms with Gasteiger partial charge in [0.2, 0.25) is 0 Å². The molecule has 16 heavy (non-hydrogen) atoms. The predicted octanol–water partition coefficient (Wildman–Crippen LogP) is 1.25. The second kappa shape index (κ2) is 5.44. The highest BCUT2D eigenvalue weighted by atomic mass is 15.2. The van der Waals surface area contributed by atoms with E-state index < -0.39 is 0 Å². The molecule has 1 heterocycles. The zero-order valence-corrected chi connectivity index (χ0v) is 10.1. The number of nitrogens with two attached hydrogens (primary N) is 1. The van der Waals surface area contributed by atoms with Gasteiger partial charge in [-0.1, -0.05) is 0 Å². The monoisotopic (exact) mass is 221 g/mol. The van der Waals surface area contributed by atoms with Crippen molar-refractivity contribution in [2.75, 3.05) is 18.0 Å². The van der Waals surface area contributed by atoms with Gasteiger partial charge < -0.3 is 10.6 Å². The molecule has 0 aliphatic heterocycles. The lowest BCUT2D eigenvalue weighted by molar-refractivity contribution is 0.799. The summed E-state index contributed by atoms with van der Waals surface area (Å²) in [5.74, 6) is 1.10. The number of nitrogens with one attached hydrogen (secondary N) is 1. The van der Waals surface area contributed by atoms with E-state index in [4.69, 9.17) is 11.1 Å². The lowest BCUT2D eigenvalue weighted by Crippen LogP contribution is -2.29. The molecule has 0 aliphatic carbocycles. The van der Waals surface area contributed by atoms with Gasteiger partial charge in [0.05, 0.1) is 17.2 Å². The maximum atomic E-state index is 7.24. The Balaban J connectivity index is 2.85. The molecule has 0 amide bonds. The van der Waals surface area contributed by atoms with E-state index >= 15 is 0 Å². The molecule has 0 spiro atoms. The Kier molecular flexibility index (Phi) is 4.22. The largest absolute Gasteiger partial charge is 0.388 e. The number of amidine groups is 1. The number of hydrogen-bond donors (Lipinski definition) is 2. The lowest BCUT2D eigenvalue weighted by atomic mass is 10.3. The molecule has 3 N–H and O–H groups in total. The number of hydrogen-bond acceptors (Lipinski definition) is 4. The third kappa shape index (κ3) is 3.18. The second-order valence-corrected chi connectivity index (χ2v) is 3.78. The number of nitrogens with zero attached hydrogens (tertiary/aromatic N) is 3. The van der Waals surface area contributed by atoms with Crippen molar-refractivity contribution in [1.29, 1.82) is 5.41 Å². The summed E-state index contributed by atoms with van der Waals surface area (Å²) in [6, 6.07) is 0. The van der Waals surface area contributed by atoms with Crippen molar-refractivity contribution < 1.29 is 0 Å². The van der Waals surface area contributed by atoms with Gasteiger partial charge in [0.1, 0.15) is 5.82 Å². The average Bonchev–Trinajstić information content (AvgIpc) is 2.23. The van der Waals surface area contributed by atoms with Crippen LogP contribution in [0.1, 0.15) is 24.7 Å². The summed E-state index contributed by atoms with van der Waals surface area (Å²) in [5, 5.41) is 7.24. The minimum absolute atomic E-state index is 0.205. The lowest BCUT2D eigenvalue weighted by Gasteiger charge is -2.23. The molecule has 88 valence electrons. The highest BCUT2D eigenvalue weighted by Crippen LogP contribution is 2.15. The average molecular weight is 221 g/mol. The molecule has 0 aliphatic rings. The summed E-state index contributed by atoms with van der Waals surface area (Å²) in [6.07, 6.45) is 2.32. The molecule has 5 heteroatoms. The van der Waals surface area contributed by atoms with Crippen molar-refractivity contribution in [3.8, 4) is 0 Å². The molecule has 0 fully saturated rings. The van der Waals surface area contributed by atoms with Crippen molar-refractivity contribution in [3.63, 3.8) is 0 Å². The van der Waals surface area contributed by atoms with Crippen LogP contribution in [-0.2, 0) is 0 Å². The maximum absolute atomic E-state index is 7.24. The Hall–Kier alpha value is -1.65. The fourth-order valence-electron chi connectivity index (χ4n) is 1.49. The summed E-state index contributed by atoms with van der Waals surface area (Å²) in [5.41, 5.74) is 7.18. The van der Waals surface area contributed by atoms with Crippen LogP contribution in [0.3, 0.4) is 0 Å². The number of anilines is 1. The van der Waals surface area contributed by atoms with E-state index in [1.54, 1.807) is 6.20 Å². The predicted molar refractivity (Wildman–Crippen MR) is 65.9 cm³/mol. The van der Waals surface area contributed by atoms with Crippen molar-refractivity contribution in [3.05, 3.63) is 17.6 Å². The van der Waals surface area contributed by atoms with E-state index in [-0.39, 0.29) is 5.84 Å². The number of aromatic nitrogens is 2. The van der Waals surface area contributed by atoms with E-state index in [1.807, 2.05) is 13.8 Å². The zero-order valence-electron chi connectivity index (χ0n) is 10.1. The third-order valence-corrected chi connectivity index (χ3v) is 2.38. The Morgan fingerprint density at radius 1 is 1.50 bits per heavy atom. The highest BCUT2D eigenvalue weighted by molar-refractivity contribution is 5.77. The van der Waals surface area contributed by atoms with Gasteiger partial charge in [-0.05, 0) is 20.8 Å². The molecule has 0 radical (unpaired) electrons. The molecule has 5 nitrogen and oxygen atoms in total. The molecule has 0 aromatic carbocycles. The van der Waals surface area contributed by atoms with Gasteiger partial charge in [-0.15, -0.1) is 0 Å². The van der Waals surface area contributed by atoms with Crippen molar-refractivity contribution in [1.82, 2.24) is 9.97 Å². The Morgan fingerprint density at radius 2 is 2.19 bits per heavy atom. The first-order chi connectivity index (χ1) is 7.54. The normalized spacial score (nSPS) is 10.2. The fourth-order valence-corrected chi connectivity index (χ4v) is 1.49. The quantitative estimate of drug-likeness (QED) is 0.579. The van der Waals surface area contributed by atoms with Gasteiger partial charge in [0, 0.05) is 25.7 Å². The fraction of sp³-hybridized carbons (Fsp3) is 0.545. The van der Waals surface area contributed by atoms with Gasteiger partial charge in [-0.3, -0.25) is 10.4 Å². The topological polar surface area (TPSA) is 78.9 Å². The van der Waals surface area contributed by atoms with Crippen LogP contribution >= 0.6 is 0 Å². The molecule has 0 saturated heterocycles. The van der Waals surface area contributed by atoms with Crippen LogP contribution in [0, 0.1) is 19.3 Å². The first-order valence-corrected chi connectivity index (χ1v) is 5.42. The third-order valence-electron chi connectivity index (χ3n) is 2.38. The zero-order chi connectivity index (χ0) is 12.1. The molecular weight excluding hydrogens is 202 g/mol. The van der Waals surface area contributed by atoms with Gasteiger partial charge in [0.15, 0.2) is 0 Å². The first-order valence-electron chi connectivity index (χ1n) is 5.42. The van der Waals surface area contributed by atoms with E-state index in [0.29, 0.717) is 13.0 Å². The molecule has 1 aromatic rings. The summed E-state index contributed by atoms with van der Waals surface area (Å²) in [6.45, 7) is 7.48. The summed E-state index contributed by atoms with van der Waals surface area (Å²) in [4.78, 5) is 10.9. The standard InChI is InChI=1S/C11H19N5/c1-4-16(6-5-10(12)13)11-9(3)14-7-8(2)15-11/h7H,4-6H2,1-3H3,(H3,12,13). The van der Waals surface area contributed by atoms with Crippen LogP contribution in [0.2, 0.25) is 0 Å². The van der Waals surface area contributed by atoms with Crippen LogP contribution in [-0.4, -0.2) is 28.9 Å². The van der Waals surface area contributed by atoms with Crippen LogP contribution in [0.25, 0.3) is 0 Å². The summed E-state index contributed by atoms with van der Waals surface area (Å²) >= 11 is 0. The van der Waals surface area contributed by atoms with Crippen LogP contribution in [0.4, 0.5) is 5.82 Å². The van der Waals surface area contributed by atoms with Gasteiger partial charge >= 0.3 is 0 Å². The van der Waals surface area contributed by atoms with Crippen molar-refractivity contribution >= 4 is 11.7 Å². The second-order valence-electron chi connectivity index (χ2n) is 3.78. The van der Waals surface area contributed by atoms with Gasteiger partial charge in [0.25, 0.3) is 0 Å². The smallest absolute Gasteiger partial charge is 0.150 e. The first kappa shape index (κ1) is 12.4. The van der Waals surface area contributed by atoms with Crippen LogP contribution in [0.15, 0.2) is 6.20 Å². The van der Waals surface area contributed by atoms with E-state index in [0.717, 1.165) is 23.8 Å². The van der Waals surface area contributed by atoms with Gasteiger partial charge in [-0.25, -0.2) is 4.98 Å². The SMILES string of the molecule is CCN(CCC(=N)N)c1nc(C)cnc1C. The Morgan fingerprint density at radius 3 is 2.75 bits per heavy atom. The molecule has 0 bridgehead atoms. The van der Waals surface area contributed by atoms with Crippen molar-refractivity contribution in [2.45, 2.75) is 27.2 Å².